The van der Waals surface area contributed by atoms with Gasteiger partial charge in [0.25, 0.3) is 0 Å². The number of hydrogen-bond donors (Lipinski definition) is 0. The van der Waals surface area contributed by atoms with Gasteiger partial charge in [-0.2, -0.15) is 0 Å². The summed E-state index contributed by atoms with van der Waals surface area (Å²) in [5.74, 6) is 6.54. The van der Waals surface area contributed by atoms with E-state index < -0.39 is 0 Å². The van der Waals surface area contributed by atoms with Gasteiger partial charge in [-0.1, -0.05) is 97.6 Å². The Bertz CT molecular complexity index is 752. The first-order chi connectivity index (χ1) is 17.8. The number of esters is 1. The molecule has 2 nitrogen and oxygen atoms in total. The van der Waals surface area contributed by atoms with Crippen molar-refractivity contribution >= 4 is 5.97 Å². The quantitative estimate of drug-likeness (QED) is 0.139. The Kier molecular flexibility index (Phi) is 10.7. The molecule has 0 aromatic heterocycles. The number of rotatable bonds is 13. The summed E-state index contributed by atoms with van der Waals surface area (Å²) in [6.45, 7) is 12.2. The number of unbranched alkanes of at least 4 members (excludes halogenated alkanes) is 5. The molecule has 212 valence electrons. The highest BCUT2D eigenvalue weighted by Crippen LogP contribution is 2.63. The normalized spacial score (nSPS) is 35.9. The van der Waals surface area contributed by atoms with Gasteiger partial charge in [0, 0.05) is 12.8 Å². The van der Waals surface area contributed by atoms with Gasteiger partial charge in [0.2, 0.25) is 0 Å². The minimum absolute atomic E-state index is 0.0541. The first kappa shape index (κ1) is 29.2. The number of carbonyl (C=O) groups is 1. The van der Waals surface area contributed by atoms with Crippen LogP contribution in [0.4, 0.5) is 0 Å². The molecule has 0 spiro atoms. The van der Waals surface area contributed by atoms with Crippen LogP contribution in [0.5, 0.6) is 0 Å². The summed E-state index contributed by atoms with van der Waals surface area (Å²) in [5.41, 5.74) is 2.00. The molecule has 0 bridgehead atoms. The molecule has 37 heavy (non-hydrogen) atoms. The summed E-state index contributed by atoms with van der Waals surface area (Å²) in [6, 6.07) is 0. The lowest BCUT2D eigenvalue weighted by atomic mass is 9.50. The SMILES string of the molecule is CCCCCCCCC(=O)O[C@H]1CC[C@@]2(C)C(=CC[C@H]3[C@@H]4CC[C@H]([C@H](C)CCCC(C)C)C4CC[C@@H]32)C1. The Labute approximate surface area is 230 Å². The average Bonchev–Trinajstić information content (AvgIpc) is 3.31. The Morgan fingerprint density at radius 1 is 0.919 bits per heavy atom. The van der Waals surface area contributed by atoms with Gasteiger partial charge < -0.3 is 4.74 Å². The third kappa shape index (κ3) is 7.05. The van der Waals surface area contributed by atoms with Crippen LogP contribution in [0.25, 0.3) is 0 Å². The summed E-state index contributed by atoms with van der Waals surface area (Å²) >= 11 is 0. The van der Waals surface area contributed by atoms with Gasteiger partial charge in [0.05, 0.1) is 0 Å². The molecule has 8 atom stereocenters. The smallest absolute Gasteiger partial charge is 0.306 e. The Hall–Kier alpha value is -0.790. The van der Waals surface area contributed by atoms with Crippen molar-refractivity contribution in [1.29, 1.82) is 0 Å². The predicted octanol–water partition coefficient (Wildman–Crippen LogP) is 10.3. The second kappa shape index (κ2) is 13.5. The topological polar surface area (TPSA) is 26.3 Å². The summed E-state index contributed by atoms with van der Waals surface area (Å²) in [6.07, 6.45) is 25.5. The van der Waals surface area contributed by atoms with E-state index in [0.29, 0.717) is 11.8 Å². The van der Waals surface area contributed by atoms with Gasteiger partial charge in [0.1, 0.15) is 6.10 Å². The Morgan fingerprint density at radius 2 is 1.68 bits per heavy atom. The van der Waals surface area contributed by atoms with Crippen molar-refractivity contribution in [2.24, 2.45) is 46.8 Å². The molecule has 4 aliphatic rings. The zero-order valence-electron chi connectivity index (χ0n) is 25.2. The zero-order chi connectivity index (χ0) is 26.4. The first-order valence-corrected chi connectivity index (χ1v) is 16.7. The van der Waals surface area contributed by atoms with E-state index >= 15 is 0 Å². The van der Waals surface area contributed by atoms with Gasteiger partial charge >= 0.3 is 5.97 Å². The highest BCUT2D eigenvalue weighted by atomic mass is 16.5. The molecule has 0 amide bonds. The van der Waals surface area contributed by atoms with E-state index in [2.05, 4.69) is 40.7 Å². The van der Waals surface area contributed by atoms with E-state index in [4.69, 9.17) is 4.74 Å². The molecule has 4 rings (SSSR count). The maximum absolute atomic E-state index is 12.5. The molecule has 0 saturated heterocycles. The fourth-order valence-electron chi connectivity index (χ4n) is 9.49. The molecule has 4 aliphatic carbocycles. The fourth-order valence-corrected chi connectivity index (χ4v) is 9.49. The second-order valence-corrected chi connectivity index (χ2v) is 14.5. The van der Waals surface area contributed by atoms with Gasteiger partial charge in [-0.25, -0.2) is 0 Å². The summed E-state index contributed by atoms with van der Waals surface area (Å²) in [7, 11) is 0. The minimum Gasteiger partial charge on any atom is -0.462 e. The number of carbonyl (C=O) groups excluding carboxylic acids is 1. The van der Waals surface area contributed by atoms with Crippen molar-refractivity contribution in [3.63, 3.8) is 0 Å². The number of allylic oxidation sites excluding steroid dienone is 1. The van der Waals surface area contributed by atoms with Gasteiger partial charge in [0.15, 0.2) is 0 Å². The van der Waals surface area contributed by atoms with Crippen molar-refractivity contribution in [2.75, 3.05) is 0 Å². The van der Waals surface area contributed by atoms with Crippen LogP contribution in [-0.4, -0.2) is 12.1 Å². The standard InChI is InChI=1S/C35H60O2/c1-6-7-8-9-10-11-15-34(36)37-28-22-23-35(5)27(24-28)16-17-32-31-19-18-29(30(31)20-21-33(32)35)26(4)14-12-13-25(2)3/h16,25-26,28-33H,6-15,17-24H2,1-5H3/t26-,28+,29-,30?,31-,32+,33+,35+/m1/s1. The van der Waals surface area contributed by atoms with Crippen LogP contribution >= 0.6 is 0 Å². The molecule has 0 N–H and O–H groups in total. The lowest BCUT2D eigenvalue weighted by Gasteiger charge is -2.55. The molecule has 3 saturated carbocycles. The van der Waals surface area contributed by atoms with E-state index in [9.17, 15) is 4.79 Å². The lowest BCUT2D eigenvalue weighted by Crippen LogP contribution is -2.48. The predicted molar refractivity (Wildman–Crippen MR) is 156 cm³/mol. The molecule has 0 aliphatic heterocycles. The van der Waals surface area contributed by atoms with Crippen LogP contribution in [0.2, 0.25) is 0 Å². The van der Waals surface area contributed by atoms with E-state index in [1.54, 1.807) is 5.57 Å². The van der Waals surface area contributed by atoms with E-state index in [1.165, 1.54) is 89.9 Å². The molecule has 1 unspecified atom stereocenters. The van der Waals surface area contributed by atoms with E-state index in [0.717, 1.165) is 60.7 Å². The summed E-state index contributed by atoms with van der Waals surface area (Å²) in [4.78, 5) is 12.5. The monoisotopic (exact) mass is 512 g/mol. The van der Waals surface area contributed by atoms with Crippen LogP contribution in [-0.2, 0) is 9.53 Å². The molecule has 0 aromatic rings. The van der Waals surface area contributed by atoms with Crippen LogP contribution in [0.3, 0.4) is 0 Å². The first-order valence-electron chi connectivity index (χ1n) is 16.7. The zero-order valence-corrected chi connectivity index (χ0v) is 25.2. The number of hydrogen-bond acceptors (Lipinski definition) is 2. The molecule has 0 heterocycles. The molecule has 0 radical (unpaired) electrons. The van der Waals surface area contributed by atoms with Crippen LogP contribution in [0.15, 0.2) is 11.6 Å². The van der Waals surface area contributed by atoms with Gasteiger partial charge in [-0.3, -0.25) is 4.79 Å². The van der Waals surface area contributed by atoms with Crippen LogP contribution in [0, 0.1) is 46.8 Å². The Balaban J connectivity index is 1.28. The summed E-state index contributed by atoms with van der Waals surface area (Å²) in [5, 5.41) is 0. The maximum atomic E-state index is 12.5. The second-order valence-electron chi connectivity index (χ2n) is 14.5. The van der Waals surface area contributed by atoms with Crippen LogP contribution < -0.4 is 0 Å². The molecule has 0 aromatic carbocycles. The molecule has 2 heteroatoms. The highest BCUT2D eigenvalue weighted by Gasteiger charge is 2.54. The third-order valence-corrected chi connectivity index (χ3v) is 11.6. The van der Waals surface area contributed by atoms with Crippen molar-refractivity contribution in [2.45, 2.75) is 156 Å². The fraction of sp³-hybridized carbons (Fsp3) is 0.914. The van der Waals surface area contributed by atoms with E-state index in [-0.39, 0.29) is 12.1 Å². The average molecular weight is 513 g/mol. The van der Waals surface area contributed by atoms with Gasteiger partial charge in [-0.15, -0.1) is 0 Å². The largest absolute Gasteiger partial charge is 0.462 e. The van der Waals surface area contributed by atoms with Gasteiger partial charge in [-0.05, 0) is 98.2 Å². The molecular weight excluding hydrogens is 452 g/mol. The van der Waals surface area contributed by atoms with Crippen molar-refractivity contribution < 1.29 is 9.53 Å². The summed E-state index contributed by atoms with van der Waals surface area (Å²) < 4.78 is 6.03. The maximum Gasteiger partial charge on any atom is 0.306 e. The molecular formula is C35H60O2. The van der Waals surface area contributed by atoms with Crippen molar-refractivity contribution in [3.8, 4) is 0 Å². The van der Waals surface area contributed by atoms with Crippen LogP contribution in [0.1, 0.15) is 150 Å². The van der Waals surface area contributed by atoms with Crippen molar-refractivity contribution in [3.05, 3.63) is 11.6 Å². The number of ether oxygens (including phenoxy) is 1. The Morgan fingerprint density at radius 3 is 2.46 bits per heavy atom. The van der Waals surface area contributed by atoms with Crippen molar-refractivity contribution in [1.82, 2.24) is 0 Å². The number of fused-ring (bicyclic) bond motifs is 5. The minimum atomic E-state index is 0.0541. The highest BCUT2D eigenvalue weighted by molar-refractivity contribution is 5.69. The lowest BCUT2D eigenvalue weighted by molar-refractivity contribution is -0.151. The molecule has 3 fully saturated rings. The van der Waals surface area contributed by atoms with E-state index in [1.807, 2.05) is 0 Å². The third-order valence-electron chi connectivity index (χ3n) is 11.6.